The van der Waals surface area contributed by atoms with Crippen LogP contribution >= 0.6 is 12.2 Å². The quantitative estimate of drug-likeness (QED) is 0.590. The molecule has 0 aromatic heterocycles. The van der Waals surface area contributed by atoms with Crippen LogP contribution in [-0.2, 0) is 6.54 Å². The molecule has 0 atom stereocenters. The number of aliphatic imine (C=N–C) groups is 1. The zero-order valence-electron chi connectivity index (χ0n) is 6.73. The minimum absolute atomic E-state index is 0.261. The zero-order chi connectivity index (χ0) is 9.68. The Balaban J connectivity index is 3.04. The monoisotopic (exact) mass is 193 g/mol. The van der Waals surface area contributed by atoms with Crippen molar-refractivity contribution in [2.45, 2.75) is 6.54 Å². The smallest absolute Gasteiger partial charge is 0.336 e. The highest BCUT2D eigenvalue weighted by Crippen LogP contribution is 2.09. The number of hydrogen-bond acceptors (Lipinski definition) is 3. The molecule has 1 N–H and O–H groups in total. The molecule has 0 radical (unpaired) electrons. The van der Waals surface area contributed by atoms with Crippen LogP contribution < -0.4 is 0 Å². The Morgan fingerprint density at radius 3 is 2.85 bits per heavy atom. The molecule has 0 saturated carbocycles. The van der Waals surface area contributed by atoms with Gasteiger partial charge in [0.05, 0.1) is 17.3 Å². The maximum absolute atomic E-state index is 10.7. The van der Waals surface area contributed by atoms with E-state index in [4.69, 9.17) is 5.11 Å². The zero-order valence-corrected chi connectivity index (χ0v) is 7.54. The van der Waals surface area contributed by atoms with Gasteiger partial charge in [0.1, 0.15) is 0 Å². The predicted molar refractivity (Wildman–Crippen MR) is 52.1 cm³/mol. The first kappa shape index (κ1) is 9.58. The summed E-state index contributed by atoms with van der Waals surface area (Å²) < 4.78 is 0. The van der Waals surface area contributed by atoms with Crippen molar-refractivity contribution >= 4 is 23.3 Å². The van der Waals surface area contributed by atoms with Gasteiger partial charge in [0, 0.05) is 0 Å². The van der Waals surface area contributed by atoms with E-state index in [-0.39, 0.29) is 12.1 Å². The second kappa shape index (κ2) is 4.50. The van der Waals surface area contributed by atoms with Crippen molar-refractivity contribution in [2.75, 3.05) is 0 Å². The number of benzene rings is 1. The fourth-order valence-corrected chi connectivity index (χ4v) is 1.05. The van der Waals surface area contributed by atoms with Gasteiger partial charge in [-0.2, -0.15) is 0 Å². The van der Waals surface area contributed by atoms with Crippen LogP contribution in [0, 0.1) is 0 Å². The van der Waals surface area contributed by atoms with Crippen LogP contribution in [0.1, 0.15) is 15.9 Å². The van der Waals surface area contributed by atoms with Crippen molar-refractivity contribution in [3.05, 3.63) is 35.4 Å². The van der Waals surface area contributed by atoms with Gasteiger partial charge in [0.15, 0.2) is 0 Å². The first-order valence-electron chi connectivity index (χ1n) is 3.60. The lowest BCUT2D eigenvalue weighted by Crippen LogP contribution is -2.00. The van der Waals surface area contributed by atoms with Gasteiger partial charge in [-0.05, 0) is 23.8 Å². The minimum atomic E-state index is -0.949. The molecule has 13 heavy (non-hydrogen) atoms. The molecule has 0 spiro atoms. The average Bonchev–Trinajstić information content (AvgIpc) is 2.15. The van der Waals surface area contributed by atoms with Crippen molar-refractivity contribution in [3.8, 4) is 0 Å². The number of isothiocyanates is 1. The molecule has 0 amide bonds. The second-order valence-corrected chi connectivity index (χ2v) is 2.55. The van der Waals surface area contributed by atoms with Gasteiger partial charge in [0.2, 0.25) is 0 Å². The second-order valence-electron chi connectivity index (χ2n) is 2.37. The van der Waals surface area contributed by atoms with Crippen molar-refractivity contribution in [3.63, 3.8) is 0 Å². The Labute approximate surface area is 80.7 Å². The summed E-state index contributed by atoms with van der Waals surface area (Å²) in [6.07, 6.45) is 0. The maximum Gasteiger partial charge on any atom is 0.336 e. The number of carboxylic acid groups (broad SMARTS) is 1. The molecule has 1 aromatic rings. The summed E-state index contributed by atoms with van der Waals surface area (Å²) in [6.45, 7) is 0.270. The Kier molecular flexibility index (Phi) is 3.31. The Hall–Kier alpha value is -1.51. The lowest BCUT2D eigenvalue weighted by Gasteiger charge is -2.00. The highest BCUT2D eigenvalue weighted by Gasteiger charge is 2.07. The lowest BCUT2D eigenvalue weighted by molar-refractivity contribution is 0.0695. The molecule has 0 bridgehead atoms. The van der Waals surface area contributed by atoms with Crippen molar-refractivity contribution < 1.29 is 9.90 Å². The maximum atomic E-state index is 10.7. The summed E-state index contributed by atoms with van der Waals surface area (Å²) >= 11 is 4.40. The van der Waals surface area contributed by atoms with E-state index in [1.165, 1.54) is 6.07 Å². The van der Waals surface area contributed by atoms with E-state index in [0.717, 1.165) is 0 Å². The number of thiocarbonyl (C=S) groups is 1. The first-order chi connectivity index (χ1) is 6.25. The van der Waals surface area contributed by atoms with Gasteiger partial charge in [-0.3, -0.25) is 0 Å². The predicted octanol–water partition coefficient (Wildman–Crippen LogP) is 1.99. The van der Waals surface area contributed by atoms with E-state index in [9.17, 15) is 4.79 Å². The van der Waals surface area contributed by atoms with Gasteiger partial charge >= 0.3 is 5.97 Å². The third-order valence-corrected chi connectivity index (χ3v) is 1.69. The summed E-state index contributed by atoms with van der Waals surface area (Å²) in [5.41, 5.74) is 0.906. The summed E-state index contributed by atoms with van der Waals surface area (Å²) in [4.78, 5) is 14.4. The third kappa shape index (κ3) is 2.47. The van der Waals surface area contributed by atoms with Crippen molar-refractivity contribution in [2.24, 2.45) is 4.99 Å². The molecule has 66 valence electrons. The number of hydrogen-bond donors (Lipinski definition) is 1. The standard InChI is InChI=1S/C9H7NO2S/c11-9(12)8-4-2-1-3-7(8)5-10-6-13/h1-4H,5H2,(H,11,12). The molecule has 1 rings (SSSR count). The molecule has 0 fully saturated rings. The molecule has 0 aliphatic carbocycles. The normalized spacial score (nSPS) is 8.92. The van der Waals surface area contributed by atoms with Crippen LogP contribution in [0.2, 0.25) is 0 Å². The van der Waals surface area contributed by atoms with Crippen LogP contribution in [0.3, 0.4) is 0 Å². The molecule has 0 unspecified atom stereocenters. The highest BCUT2D eigenvalue weighted by molar-refractivity contribution is 7.78. The summed E-state index contributed by atoms with van der Waals surface area (Å²) in [5.74, 6) is -0.949. The molecular formula is C9H7NO2S. The Bertz CT molecular complexity index is 370. The molecule has 0 aliphatic rings. The molecule has 3 nitrogen and oxygen atoms in total. The molecular weight excluding hydrogens is 186 g/mol. The highest BCUT2D eigenvalue weighted by atomic mass is 32.1. The molecule has 0 aliphatic heterocycles. The van der Waals surface area contributed by atoms with Gasteiger partial charge in [-0.15, -0.1) is 0 Å². The van der Waals surface area contributed by atoms with Crippen molar-refractivity contribution in [1.29, 1.82) is 0 Å². The number of carbonyl (C=O) groups is 1. The largest absolute Gasteiger partial charge is 0.478 e. The van der Waals surface area contributed by atoms with Crippen LogP contribution in [0.5, 0.6) is 0 Å². The summed E-state index contributed by atoms with van der Waals surface area (Å²) in [6, 6.07) is 6.69. The van der Waals surface area contributed by atoms with Gasteiger partial charge in [0.25, 0.3) is 0 Å². The Morgan fingerprint density at radius 1 is 1.54 bits per heavy atom. The van der Waals surface area contributed by atoms with Crippen LogP contribution in [0.25, 0.3) is 0 Å². The van der Waals surface area contributed by atoms with Gasteiger partial charge in [-0.25, -0.2) is 9.79 Å². The number of rotatable bonds is 3. The number of aromatic carboxylic acids is 1. The topological polar surface area (TPSA) is 49.7 Å². The SMILES string of the molecule is O=C(O)c1ccccc1CN=C=S. The van der Waals surface area contributed by atoms with E-state index < -0.39 is 5.97 Å². The Morgan fingerprint density at radius 2 is 2.23 bits per heavy atom. The van der Waals surface area contributed by atoms with E-state index in [1.807, 2.05) is 0 Å². The number of carboxylic acids is 1. The van der Waals surface area contributed by atoms with Crippen LogP contribution in [0.15, 0.2) is 29.3 Å². The third-order valence-electron chi connectivity index (χ3n) is 1.56. The minimum Gasteiger partial charge on any atom is -0.478 e. The lowest BCUT2D eigenvalue weighted by atomic mass is 10.1. The molecule has 0 saturated heterocycles. The first-order valence-corrected chi connectivity index (χ1v) is 4.01. The van der Waals surface area contributed by atoms with E-state index in [2.05, 4.69) is 22.4 Å². The van der Waals surface area contributed by atoms with E-state index in [1.54, 1.807) is 18.2 Å². The van der Waals surface area contributed by atoms with Crippen LogP contribution in [-0.4, -0.2) is 16.2 Å². The van der Waals surface area contributed by atoms with Gasteiger partial charge < -0.3 is 5.11 Å². The van der Waals surface area contributed by atoms with Gasteiger partial charge in [-0.1, -0.05) is 18.2 Å². The molecule has 1 aromatic carbocycles. The fourth-order valence-electron chi connectivity index (χ4n) is 0.984. The van der Waals surface area contributed by atoms with E-state index >= 15 is 0 Å². The summed E-state index contributed by atoms with van der Waals surface area (Å²) in [7, 11) is 0. The van der Waals surface area contributed by atoms with Crippen molar-refractivity contribution in [1.82, 2.24) is 0 Å². The molecule has 4 heteroatoms. The number of nitrogens with zero attached hydrogens (tertiary/aromatic N) is 1. The average molecular weight is 193 g/mol. The van der Waals surface area contributed by atoms with E-state index in [0.29, 0.717) is 5.56 Å². The molecule has 0 heterocycles. The van der Waals surface area contributed by atoms with Crippen LogP contribution in [0.4, 0.5) is 0 Å². The fraction of sp³-hybridized carbons (Fsp3) is 0.111. The summed E-state index contributed by atoms with van der Waals surface area (Å²) in [5, 5.41) is 11.0.